The van der Waals surface area contributed by atoms with Crippen molar-refractivity contribution in [2.24, 2.45) is 5.73 Å². The van der Waals surface area contributed by atoms with Crippen LogP contribution in [0.15, 0.2) is 15.4 Å². The van der Waals surface area contributed by atoms with Crippen molar-refractivity contribution in [2.45, 2.75) is 25.8 Å². The summed E-state index contributed by atoms with van der Waals surface area (Å²) in [6.07, 6.45) is 1.77. The van der Waals surface area contributed by atoms with Crippen LogP contribution in [0.25, 0.3) is 0 Å². The Kier molecular flexibility index (Phi) is 3.08. The highest BCUT2D eigenvalue weighted by molar-refractivity contribution is 7.07. The van der Waals surface area contributed by atoms with E-state index < -0.39 is 0 Å². The second kappa shape index (κ2) is 4.50. The molecule has 0 radical (unpaired) electrons. The van der Waals surface area contributed by atoms with E-state index in [-0.39, 0.29) is 6.04 Å². The van der Waals surface area contributed by atoms with Gasteiger partial charge in [0, 0.05) is 11.8 Å². The lowest BCUT2D eigenvalue weighted by atomic mass is 10.2. The quantitative estimate of drug-likeness (QED) is 0.852. The molecule has 2 rings (SSSR count). The topological polar surface area (TPSA) is 77.8 Å². The van der Waals surface area contributed by atoms with E-state index in [1.165, 1.54) is 11.3 Å². The molecule has 0 aliphatic heterocycles. The summed E-state index contributed by atoms with van der Waals surface area (Å²) in [6, 6.07) is -0.384. The van der Waals surface area contributed by atoms with Crippen molar-refractivity contribution in [3.63, 3.8) is 0 Å². The van der Waals surface area contributed by atoms with Crippen molar-refractivity contribution in [1.82, 2.24) is 15.1 Å². The Hall–Kier alpha value is -1.27. The molecule has 2 N–H and O–H groups in total. The third kappa shape index (κ3) is 2.21. The van der Waals surface area contributed by atoms with Gasteiger partial charge in [-0.2, -0.15) is 4.98 Å². The van der Waals surface area contributed by atoms with Crippen LogP contribution in [0.5, 0.6) is 0 Å². The first-order valence-corrected chi connectivity index (χ1v) is 5.71. The molecule has 0 fully saturated rings. The van der Waals surface area contributed by atoms with Crippen LogP contribution in [-0.2, 0) is 6.42 Å². The first-order chi connectivity index (χ1) is 7.31. The predicted molar refractivity (Wildman–Crippen MR) is 56.4 cm³/mol. The van der Waals surface area contributed by atoms with Gasteiger partial charge < -0.3 is 10.3 Å². The van der Waals surface area contributed by atoms with Crippen LogP contribution >= 0.6 is 11.3 Å². The molecular weight excluding hydrogens is 212 g/mol. The highest BCUT2D eigenvalue weighted by Gasteiger charge is 2.17. The Morgan fingerprint density at radius 3 is 3.13 bits per heavy atom. The van der Waals surface area contributed by atoms with Crippen LogP contribution in [0.1, 0.15) is 36.8 Å². The fourth-order valence-electron chi connectivity index (χ4n) is 1.22. The molecule has 1 atom stereocenters. The molecule has 2 aromatic heterocycles. The summed E-state index contributed by atoms with van der Waals surface area (Å²) >= 11 is 1.50. The van der Waals surface area contributed by atoms with E-state index in [1.54, 1.807) is 5.51 Å². The maximum atomic E-state index is 5.93. The fourth-order valence-corrected chi connectivity index (χ4v) is 1.81. The molecule has 0 saturated carbocycles. The smallest absolute Gasteiger partial charge is 0.226 e. The van der Waals surface area contributed by atoms with E-state index in [0.29, 0.717) is 11.7 Å². The van der Waals surface area contributed by atoms with Gasteiger partial charge in [-0.3, -0.25) is 0 Å². The molecule has 5 nitrogen and oxygen atoms in total. The molecule has 15 heavy (non-hydrogen) atoms. The predicted octanol–water partition coefficient (Wildman–Crippen LogP) is 1.53. The lowest BCUT2D eigenvalue weighted by molar-refractivity contribution is 0.370. The van der Waals surface area contributed by atoms with E-state index in [2.05, 4.69) is 22.0 Å². The van der Waals surface area contributed by atoms with Crippen LogP contribution < -0.4 is 5.73 Å². The van der Waals surface area contributed by atoms with E-state index in [4.69, 9.17) is 10.3 Å². The number of hydrogen-bond donors (Lipinski definition) is 1. The fraction of sp³-hybridized carbons (Fsp3) is 0.444. The zero-order valence-corrected chi connectivity index (χ0v) is 9.20. The van der Waals surface area contributed by atoms with E-state index >= 15 is 0 Å². The minimum Gasteiger partial charge on any atom is -0.339 e. The number of aromatic nitrogens is 3. The van der Waals surface area contributed by atoms with Gasteiger partial charge >= 0.3 is 0 Å². The van der Waals surface area contributed by atoms with Gasteiger partial charge in [0.25, 0.3) is 0 Å². The SMILES string of the molecule is CCCc1nc(C(N)c2cscn2)no1. The summed E-state index contributed by atoms with van der Waals surface area (Å²) in [5.41, 5.74) is 8.45. The highest BCUT2D eigenvalue weighted by atomic mass is 32.1. The van der Waals surface area contributed by atoms with Gasteiger partial charge in [-0.15, -0.1) is 11.3 Å². The van der Waals surface area contributed by atoms with Crippen molar-refractivity contribution in [3.8, 4) is 0 Å². The number of aryl methyl sites for hydroxylation is 1. The summed E-state index contributed by atoms with van der Waals surface area (Å²) in [7, 11) is 0. The number of nitrogens with two attached hydrogens (primary N) is 1. The Labute approximate surface area is 91.3 Å². The van der Waals surface area contributed by atoms with E-state index in [1.807, 2.05) is 5.38 Å². The maximum Gasteiger partial charge on any atom is 0.226 e. The zero-order valence-electron chi connectivity index (χ0n) is 8.38. The van der Waals surface area contributed by atoms with Crippen molar-refractivity contribution in [1.29, 1.82) is 0 Å². The van der Waals surface area contributed by atoms with Crippen molar-refractivity contribution < 1.29 is 4.52 Å². The highest BCUT2D eigenvalue weighted by Crippen LogP contribution is 2.16. The molecule has 2 heterocycles. The summed E-state index contributed by atoms with van der Waals surface area (Å²) in [5, 5.41) is 5.73. The molecule has 0 bridgehead atoms. The average Bonchev–Trinajstić information content (AvgIpc) is 2.87. The molecular formula is C9H12N4OS. The summed E-state index contributed by atoms with van der Waals surface area (Å²) in [4.78, 5) is 8.34. The van der Waals surface area contributed by atoms with Gasteiger partial charge in [-0.05, 0) is 6.42 Å². The summed E-state index contributed by atoms with van der Waals surface area (Å²) in [6.45, 7) is 2.06. The third-order valence-electron chi connectivity index (χ3n) is 2.00. The Morgan fingerprint density at radius 1 is 1.60 bits per heavy atom. The Morgan fingerprint density at radius 2 is 2.47 bits per heavy atom. The average molecular weight is 224 g/mol. The van der Waals surface area contributed by atoms with Gasteiger partial charge in [-0.25, -0.2) is 4.98 Å². The molecule has 0 aliphatic carbocycles. The van der Waals surface area contributed by atoms with E-state index in [9.17, 15) is 0 Å². The Bertz CT molecular complexity index is 411. The largest absolute Gasteiger partial charge is 0.339 e. The monoisotopic (exact) mass is 224 g/mol. The number of rotatable bonds is 4. The molecule has 0 saturated heterocycles. The normalized spacial score (nSPS) is 12.9. The zero-order chi connectivity index (χ0) is 10.7. The second-order valence-corrected chi connectivity index (χ2v) is 3.91. The molecule has 0 amide bonds. The molecule has 0 aromatic carbocycles. The summed E-state index contributed by atoms with van der Waals surface area (Å²) in [5.74, 6) is 1.14. The van der Waals surface area contributed by atoms with Gasteiger partial charge in [0.2, 0.25) is 5.89 Å². The minimum atomic E-state index is -0.384. The Balaban J connectivity index is 2.15. The number of nitrogens with zero attached hydrogens (tertiary/aromatic N) is 3. The van der Waals surface area contributed by atoms with E-state index in [0.717, 1.165) is 18.5 Å². The minimum absolute atomic E-state index is 0.384. The van der Waals surface area contributed by atoms with Gasteiger partial charge in [0.15, 0.2) is 5.82 Å². The van der Waals surface area contributed by atoms with Crippen molar-refractivity contribution >= 4 is 11.3 Å². The van der Waals surface area contributed by atoms with Gasteiger partial charge in [0.05, 0.1) is 11.2 Å². The molecule has 80 valence electrons. The lowest BCUT2D eigenvalue weighted by Gasteiger charge is -2.00. The number of thiazole rings is 1. The van der Waals surface area contributed by atoms with Gasteiger partial charge in [0.1, 0.15) is 6.04 Å². The molecule has 2 aromatic rings. The van der Waals surface area contributed by atoms with Crippen molar-refractivity contribution in [3.05, 3.63) is 28.3 Å². The second-order valence-electron chi connectivity index (χ2n) is 3.19. The molecule has 0 aliphatic rings. The van der Waals surface area contributed by atoms with Crippen LogP contribution in [0.2, 0.25) is 0 Å². The standard InChI is InChI=1S/C9H12N4OS/c1-2-3-7-12-9(13-14-7)8(10)6-4-15-5-11-6/h4-5,8H,2-3,10H2,1H3. The van der Waals surface area contributed by atoms with Crippen LogP contribution in [0.4, 0.5) is 0 Å². The maximum absolute atomic E-state index is 5.93. The number of hydrogen-bond acceptors (Lipinski definition) is 6. The van der Waals surface area contributed by atoms with Crippen molar-refractivity contribution in [2.75, 3.05) is 0 Å². The van der Waals surface area contributed by atoms with Crippen LogP contribution in [0.3, 0.4) is 0 Å². The third-order valence-corrected chi connectivity index (χ3v) is 2.60. The molecule has 0 spiro atoms. The lowest BCUT2D eigenvalue weighted by Crippen LogP contribution is -2.13. The summed E-state index contributed by atoms with van der Waals surface area (Å²) < 4.78 is 5.06. The molecule has 1 unspecified atom stereocenters. The van der Waals surface area contributed by atoms with Crippen LogP contribution in [-0.4, -0.2) is 15.1 Å². The van der Waals surface area contributed by atoms with Gasteiger partial charge in [-0.1, -0.05) is 12.1 Å². The van der Waals surface area contributed by atoms with Crippen LogP contribution in [0, 0.1) is 0 Å². The first-order valence-electron chi connectivity index (χ1n) is 4.77. The first kappa shape index (κ1) is 10.3. The molecule has 6 heteroatoms.